The molecule has 0 bridgehead atoms. The number of likely N-dealkylation sites (tertiary alicyclic amines) is 1. The minimum absolute atomic E-state index is 0.0638. The van der Waals surface area contributed by atoms with Crippen molar-refractivity contribution in [2.75, 3.05) is 39.8 Å². The number of ether oxygens (including phenoxy) is 1. The van der Waals surface area contributed by atoms with Crippen LogP contribution in [0.5, 0.6) is 0 Å². The molecule has 0 aromatic carbocycles. The van der Waals surface area contributed by atoms with Gasteiger partial charge in [0.25, 0.3) is 0 Å². The molecule has 4 rings (SSSR count). The van der Waals surface area contributed by atoms with E-state index in [9.17, 15) is 4.79 Å². The van der Waals surface area contributed by atoms with Crippen molar-refractivity contribution in [1.29, 1.82) is 0 Å². The average molecular weight is 350 g/mol. The van der Waals surface area contributed by atoms with Gasteiger partial charge in [-0.1, -0.05) is 0 Å². The van der Waals surface area contributed by atoms with Crippen LogP contribution in [0.4, 0.5) is 0 Å². The number of amides is 1. The third kappa shape index (κ3) is 3.38. The van der Waals surface area contributed by atoms with Crippen LogP contribution in [0, 0.1) is 12.8 Å². The fraction of sp³-hybridized carbons (Fsp3) is 0.722. The van der Waals surface area contributed by atoms with Crippen molar-refractivity contribution in [2.24, 2.45) is 5.92 Å². The number of hydrogen-bond donors (Lipinski definition) is 1. The lowest BCUT2D eigenvalue weighted by atomic mass is 9.90. The van der Waals surface area contributed by atoms with Crippen LogP contribution in [-0.2, 0) is 16.1 Å². The monoisotopic (exact) mass is 349 g/mol. The average Bonchev–Trinajstić information content (AvgIpc) is 3.26. The van der Waals surface area contributed by atoms with Gasteiger partial charge in [-0.3, -0.25) is 14.6 Å². The molecule has 1 atom stereocenters. The topological polar surface area (TPSA) is 44.8 Å². The Morgan fingerprint density at radius 3 is 2.79 bits per heavy atom. The first-order valence-electron chi connectivity index (χ1n) is 8.94. The fourth-order valence-corrected chi connectivity index (χ4v) is 4.91. The van der Waals surface area contributed by atoms with Crippen LogP contribution in [0.2, 0.25) is 0 Å². The zero-order chi connectivity index (χ0) is 16.7. The summed E-state index contributed by atoms with van der Waals surface area (Å²) in [5.41, 5.74) is -0.0638. The van der Waals surface area contributed by atoms with E-state index in [-0.39, 0.29) is 17.6 Å². The predicted octanol–water partition coefficient (Wildman–Crippen LogP) is 1.47. The van der Waals surface area contributed by atoms with Crippen LogP contribution in [0.15, 0.2) is 12.1 Å². The van der Waals surface area contributed by atoms with Crippen LogP contribution in [0.25, 0.3) is 0 Å². The van der Waals surface area contributed by atoms with E-state index in [4.69, 9.17) is 4.74 Å². The maximum absolute atomic E-state index is 12.2. The van der Waals surface area contributed by atoms with E-state index >= 15 is 0 Å². The third-order valence-corrected chi connectivity index (χ3v) is 6.40. The summed E-state index contributed by atoms with van der Waals surface area (Å²) in [7, 11) is 1.72. The molecule has 132 valence electrons. The first kappa shape index (κ1) is 16.5. The number of rotatable bonds is 5. The van der Waals surface area contributed by atoms with E-state index in [0.717, 1.165) is 38.6 Å². The van der Waals surface area contributed by atoms with E-state index in [1.54, 1.807) is 7.05 Å². The number of likely N-dealkylation sites (N-methyl/N-ethyl adjacent to an activating group) is 1. The first-order valence-corrected chi connectivity index (χ1v) is 9.76. The van der Waals surface area contributed by atoms with Gasteiger partial charge in [-0.25, -0.2) is 0 Å². The van der Waals surface area contributed by atoms with Gasteiger partial charge in [0.1, 0.15) is 11.6 Å². The van der Waals surface area contributed by atoms with Gasteiger partial charge in [-0.2, -0.15) is 0 Å². The van der Waals surface area contributed by atoms with Crippen LogP contribution in [0.3, 0.4) is 0 Å². The van der Waals surface area contributed by atoms with Gasteiger partial charge in [0.05, 0.1) is 6.61 Å². The lowest BCUT2D eigenvalue weighted by Gasteiger charge is -2.55. The van der Waals surface area contributed by atoms with Crippen LogP contribution < -0.4 is 5.32 Å². The molecule has 6 heteroatoms. The molecule has 1 aliphatic carbocycles. The van der Waals surface area contributed by atoms with E-state index in [1.165, 1.54) is 22.6 Å². The lowest BCUT2D eigenvalue weighted by Crippen LogP contribution is -2.72. The second kappa shape index (κ2) is 6.41. The Morgan fingerprint density at radius 2 is 2.17 bits per heavy atom. The SMILES string of the molecule is CNC(=O)[C@H]1COC2(CN(Cc3ccc(C)s3)C2)CN1CC1CC1. The zero-order valence-electron chi connectivity index (χ0n) is 14.6. The maximum atomic E-state index is 12.2. The Morgan fingerprint density at radius 1 is 1.38 bits per heavy atom. The van der Waals surface area contributed by atoms with E-state index in [1.807, 2.05) is 11.3 Å². The second-order valence-corrected chi connectivity index (χ2v) is 9.03. The molecule has 1 amide bonds. The summed E-state index contributed by atoms with van der Waals surface area (Å²) < 4.78 is 6.20. The van der Waals surface area contributed by atoms with Crippen molar-refractivity contribution in [2.45, 2.75) is 38.0 Å². The largest absolute Gasteiger partial charge is 0.369 e. The molecule has 5 nitrogen and oxygen atoms in total. The van der Waals surface area contributed by atoms with Crippen LogP contribution in [-0.4, -0.2) is 67.2 Å². The smallest absolute Gasteiger partial charge is 0.239 e. The standard InChI is InChI=1S/C18H27N3O2S/c1-13-3-6-15(24-13)8-20-10-18(11-20)12-21(7-14-4-5-14)16(9-23-18)17(22)19-2/h3,6,14,16H,4-5,7-12H2,1-2H3,(H,19,22)/t16-/m1/s1. The number of nitrogens with zero attached hydrogens (tertiary/aromatic N) is 2. The molecule has 2 saturated heterocycles. The lowest BCUT2D eigenvalue weighted by molar-refractivity contribution is -0.202. The Kier molecular flexibility index (Phi) is 4.41. The van der Waals surface area contributed by atoms with E-state index in [2.05, 4.69) is 34.2 Å². The minimum Gasteiger partial charge on any atom is -0.369 e. The number of morpholine rings is 1. The Labute approximate surface area is 148 Å². The summed E-state index contributed by atoms with van der Waals surface area (Å²) in [4.78, 5) is 19.8. The highest BCUT2D eigenvalue weighted by Gasteiger charge is 2.50. The molecule has 3 fully saturated rings. The van der Waals surface area contributed by atoms with Crippen molar-refractivity contribution in [3.63, 3.8) is 0 Å². The second-order valence-electron chi connectivity index (χ2n) is 7.65. The number of aryl methyl sites for hydroxylation is 1. The number of nitrogens with one attached hydrogen (secondary N) is 1. The Hall–Kier alpha value is -0.950. The molecule has 1 N–H and O–H groups in total. The molecule has 3 heterocycles. The number of hydrogen-bond acceptors (Lipinski definition) is 5. The molecule has 0 unspecified atom stereocenters. The summed E-state index contributed by atoms with van der Waals surface area (Å²) in [6.07, 6.45) is 2.63. The van der Waals surface area contributed by atoms with Gasteiger partial charge < -0.3 is 10.1 Å². The molecule has 24 heavy (non-hydrogen) atoms. The van der Waals surface area contributed by atoms with Crippen molar-refractivity contribution in [3.05, 3.63) is 21.9 Å². The summed E-state index contributed by atoms with van der Waals surface area (Å²) in [5.74, 6) is 0.883. The molecule has 1 aromatic rings. The van der Waals surface area contributed by atoms with E-state index in [0.29, 0.717) is 6.61 Å². The molecular formula is C18H27N3O2S. The van der Waals surface area contributed by atoms with Gasteiger partial charge in [0.2, 0.25) is 5.91 Å². The summed E-state index contributed by atoms with van der Waals surface area (Å²) in [6.45, 7) is 7.60. The number of carbonyl (C=O) groups is 1. The van der Waals surface area contributed by atoms with Crippen molar-refractivity contribution in [3.8, 4) is 0 Å². The van der Waals surface area contributed by atoms with Gasteiger partial charge in [-0.15, -0.1) is 11.3 Å². The predicted molar refractivity (Wildman–Crippen MR) is 95.2 cm³/mol. The quantitative estimate of drug-likeness (QED) is 0.874. The van der Waals surface area contributed by atoms with Crippen LogP contribution >= 0.6 is 11.3 Å². The third-order valence-electron chi connectivity index (χ3n) is 5.42. The van der Waals surface area contributed by atoms with Gasteiger partial charge in [0.15, 0.2) is 0 Å². The highest BCUT2D eigenvalue weighted by molar-refractivity contribution is 7.11. The minimum atomic E-state index is -0.116. The summed E-state index contributed by atoms with van der Waals surface area (Å²) in [5, 5.41) is 2.80. The molecule has 2 aliphatic heterocycles. The molecule has 1 spiro atoms. The van der Waals surface area contributed by atoms with Gasteiger partial charge >= 0.3 is 0 Å². The first-order chi connectivity index (χ1) is 11.6. The van der Waals surface area contributed by atoms with Gasteiger partial charge in [-0.05, 0) is 37.8 Å². The fourth-order valence-electron chi connectivity index (χ4n) is 3.98. The van der Waals surface area contributed by atoms with Crippen molar-refractivity contribution in [1.82, 2.24) is 15.1 Å². The molecule has 1 saturated carbocycles. The normalized spacial score (nSPS) is 27.2. The maximum Gasteiger partial charge on any atom is 0.239 e. The molecule has 3 aliphatic rings. The highest BCUT2D eigenvalue weighted by Crippen LogP contribution is 2.36. The molecule has 0 radical (unpaired) electrons. The number of carbonyl (C=O) groups excluding carboxylic acids is 1. The van der Waals surface area contributed by atoms with Gasteiger partial charge in [0, 0.05) is 49.5 Å². The van der Waals surface area contributed by atoms with Crippen molar-refractivity contribution < 1.29 is 9.53 Å². The summed E-state index contributed by atoms with van der Waals surface area (Å²) >= 11 is 1.88. The van der Waals surface area contributed by atoms with E-state index < -0.39 is 0 Å². The molecular weight excluding hydrogens is 322 g/mol. The summed E-state index contributed by atoms with van der Waals surface area (Å²) in [6, 6.07) is 4.31. The Balaban J connectivity index is 1.36. The Bertz CT molecular complexity index is 607. The van der Waals surface area contributed by atoms with Crippen LogP contribution in [0.1, 0.15) is 22.6 Å². The zero-order valence-corrected chi connectivity index (χ0v) is 15.4. The molecule has 1 aromatic heterocycles. The van der Waals surface area contributed by atoms with Crippen molar-refractivity contribution >= 4 is 17.2 Å². The highest BCUT2D eigenvalue weighted by atomic mass is 32.1. The number of thiophene rings is 1.